The second kappa shape index (κ2) is 8.10. The summed E-state index contributed by atoms with van der Waals surface area (Å²) in [6.45, 7) is 0. The molecule has 124 valence electrons. The predicted molar refractivity (Wildman–Crippen MR) is 100.0 cm³/mol. The first-order valence-corrected chi connectivity index (χ1v) is 7.96. The zero-order valence-corrected chi connectivity index (χ0v) is 14.9. The molecule has 0 fully saturated rings. The van der Waals surface area contributed by atoms with Gasteiger partial charge in [-0.2, -0.15) is 0 Å². The Morgan fingerprint density at radius 2 is 1.67 bits per heavy atom. The fourth-order valence-corrected chi connectivity index (χ4v) is 2.56. The third-order valence-corrected chi connectivity index (χ3v) is 3.79. The van der Waals surface area contributed by atoms with Crippen LogP contribution in [0.15, 0.2) is 42.5 Å². The Labute approximate surface area is 154 Å². The van der Waals surface area contributed by atoms with Gasteiger partial charge in [0.1, 0.15) is 0 Å². The monoisotopic (exact) mass is 381 g/mol. The Kier molecular flexibility index (Phi) is 6.14. The van der Waals surface area contributed by atoms with Crippen LogP contribution in [-0.4, -0.2) is 24.0 Å². The van der Waals surface area contributed by atoms with Crippen LogP contribution in [0.5, 0.6) is 0 Å². The summed E-state index contributed by atoms with van der Waals surface area (Å²) >= 11 is 16.9. The Morgan fingerprint density at radius 1 is 1.00 bits per heavy atom. The lowest BCUT2D eigenvalue weighted by atomic mass is 10.2. The third-order valence-electron chi connectivity index (χ3n) is 3.03. The number of halogens is 2. The van der Waals surface area contributed by atoms with E-state index in [0.29, 0.717) is 16.3 Å². The molecule has 0 radical (unpaired) electrons. The van der Waals surface area contributed by atoms with E-state index in [1.54, 1.807) is 37.4 Å². The molecule has 2 aromatic rings. The van der Waals surface area contributed by atoms with Crippen molar-refractivity contribution in [2.45, 2.75) is 0 Å². The number of benzene rings is 2. The van der Waals surface area contributed by atoms with Gasteiger partial charge in [0.2, 0.25) is 0 Å². The van der Waals surface area contributed by atoms with Crippen molar-refractivity contribution in [2.75, 3.05) is 12.4 Å². The van der Waals surface area contributed by atoms with Crippen molar-refractivity contribution in [2.24, 2.45) is 0 Å². The minimum absolute atomic E-state index is 0.110. The van der Waals surface area contributed by atoms with Gasteiger partial charge in [0.15, 0.2) is 5.11 Å². The van der Waals surface area contributed by atoms with Gasteiger partial charge in [-0.1, -0.05) is 23.2 Å². The van der Waals surface area contributed by atoms with Crippen molar-refractivity contribution in [3.63, 3.8) is 0 Å². The van der Waals surface area contributed by atoms with Gasteiger partial charge >= 0.3 is 0 Å². The summed E-state index contributed by atoms with van der Waals surface area (Å²) in [6.07, 6.45) is 0. The number of carbonyl (C=O) groups excluding carboxylic acids is 2. The number of thiocarbonyl (C=S) groups is 1. The van der Waals surface area contributed by atoms with Gasteiger partial charge in [0, 0.05) is 23.3 Å². The van der Waals surface area contributed by atoms with Gasteiger partial charge < -0.3 is 10.6 Å². The summed E-state index contributed by atoms with van der Waals surface area (Å²) in [5.74, 6) is -0.633. The Bertz CT molecular complexity index is 794. The zero-order chi connectivity index (χ0) is 17.7. The highest BCUT2D eigenvalue weighted by Crippen LogP contribution is 2.20. The van der Waals surface area contributed by atoms with Gasteiger partial charge in [-0.05, 0) is 54.7 Å². The normalized spacial score (nSPS) is 9.96. The molecule has 8 heteroatoms. The maximum atomic E-state index is 12.1. The molecule has 24 heavy (non-hydrogen) atoms. The van der Waals surface area contributed by atoms with E-state index in [0.717, 1.165) is 0 Å². The number of anilines is 1. The highest BCUT2D eigenvalue weighted by molar-refractivity contribution is 7.80. The van der Waals surface area contributed by atoms with Crippen LogP contribution in [0.2, 0.25) is 10.0 Å². The number of hydrogen-bond acceptors (Lipinski definition) is 3. The van der Waals surface area contributed by atoms with E-state index in [2.05, 4.69) is 16.0 Å². The molecular weight excluding hydrogens is 369 g/mol. The van der Waals surface area contributed by atoms with Gasteiger partial charge in [-0.3, -0.25) is 14.9 Å². The molecule has 0 aliphatic rings. The fraction of sp³-hybridized carbons (Fsp3) is 0.0625. The lowest BCUT2D eigenvalue weighted by molar-refractivity contribution is 0.0959. The molecule has 0 aromatic heterocycles. The van der Waals surface area contributed by atoms with Crippen LogP contribution in [0, 0.1) is 0 Å². The number of nitrogens with one attached hydrogen (secondary N) is 3. The van der Waals surface area contributed by atoms with E-state index >= 15 is 0 Å². The molecule has 0 spiro atoms. The van der Waals surface area contributed by atoms with E-state index in [-0.39, 0.29) is 21.6 Å². The van der Waals surface area contributed by atoms with Crippen LogP contribution in [0.25, 0.3) is 0 Å². The van der Waals surface area contributed by atoms with Crippen LogP contribution in [0.3, 0.4) is 0 Å². The second-order valence-electron chi connectivity index (χ2n) is 4.69. The minimum Gasteiger partial charge on any atom is -0.355 e. The van der Waals surface area contributed by atoms with E-state index in [4.69, 9.17) is 35.4 Å². The summed E-state index contributed by atoms with van der Waals surface area (Å²) in [4.78, 5) is 23.6. The lowest BCUT2D eigenvalue weighted by Gasteiger charge is -2.11. The van der Waals surface area contributed by atoms with Crippen LogP contribution in [-0.2, 0) is 0 Å². The predicted octanol–water partition coefficient (Wildman–Crippen LogP) is 3.48. The van der Waals surface area contributed by atoms with Crippen molar-refractivity contribution < 1.29 is 9.59 Å². The number of rotatable bonds is 3. The molecule has 2 amide bonds. The molecular formula is C16H13Cl2N3O2S. The topological polar surface area (TPSA) is 70.2 Å². The van der Waals surface area contributed by atoms with E-state index in [9.17, 15) is 9.59 Å². The Morgan fingerprint density at radius 3 is 2.25 bits per heavy atom. The van der Waals surface area contributed by atoms with Gasteiger partial charge in [-0.25, -0.2) is 0 Å². The molecule has 0 bridgehead atoms. The fourth-order valence-electron chi connectivity index (χ4n) is 1.86. The molecule has 0 saturated carbocycles. The summed E-state index contributed by atoms with van der Waals surface area (Å²) in [5.41, 5.74) is 1.42. The van der Waals surface area contributed by atoms with Crippen molar-refractivity contribution in [3.05, 3.63) is 63.6 Å². The largest absolute Gasteiger partial charge is 0.355 e. The molecule has 3 N–H and O–H groups in total. The highest BCUT2D eigenvalue weighted by atomic mass is 35.5. The molecule has 5 nitrogen and oxygen atoms in total. The SMILES string of the molecule is CNC(=O)c1ccc(NC(=S)NC(=O)c2ccc(Cl)cc2Cl)cc1. The molecule has 0 atom stereocenters. The quantitative estimate of drug-likeness (QED) is 0.711. The average molecular weight is 382 g/mol. The summed E-state index contributed by atoms with van der Waals surface area (Å²) in [5, 5.41) is 8.70. The summed E-state index contributed by atoms with van der Waals surface area (Å²) in [7, 11) is 1.56. The lowest BCUT2D eigenvalue weighted by Crippen LogP contribution is -2.34. The van der Waals surface area contributed by atoms with E-state index in [1.807, 2.05) is 0 Å². The number of hydrogen-bond donors (Lipinski definition) is 3. The zero-order valence-electron chi connectivity index (χ0n) is 12.5. The van der Waals surface area contributed by atoms with Gasteiger partial charge in [-0.15, -0.1) is 0 Å². The highest BCUT2D eigenvalue weighted by Gasteiger charge is 2.12. The average Bonchev–Trinajstić information content (AvgIpc) is 2.54. The first kappa shape index (κ1) is 18.2. The van der Waals surface area contributed by atoms with E-state index in [1.165, 1.54) is 12.1 Å². The molecule has 2 aromatic carbocycles. The molecule has 0 saturated heterocycles. The van der Waals surface area contributed by atoms with Crippen molar-refractivity contribution in [3.8, 4) is 0 Å². The smallest absolute Gasteiger partial charge is 0.258 e. The molecule has 0 aliphatic carbocycles. The number of carbonyl (C=O) groups is 2. The first-order chi connectivity index (χ1) is 11.4. The summed E-state index contributed by atoms with van der Waals surface area (Å²) in [6, 6.07) is 11.2. The van der Waals surface area contributed by atoms with Crippen molar-refractivity contribution in [1.29, 1.82) is 0 Å². The second-order valence-corrected chi connectivity index (χ2v) is 5.94. The molecule has 0 heterocycles. The Hall–Kier alpha value is -2.15. The number of amides is 2. The van der Waals surface area contributed by atoms with Crippen LogP contribution in [0.4, 0.5) is 5.69 Å². The van der Waals surface area contributed by atoms with Crippen LogP contribution < -0.4 is 16.0 Å². The standard InChI is InChI=1S/C16H13Cl2N3O2S/c1-19-14(22)9-2-5-11(6-3-9)20-16(24)21-15(23)12-7-4-10(17)8-13(12)18/h2-8H,1H3,(H,19,22)(H2,20,21,23,24). The first-order valence-electron chi connectivity index (χ1n) is 6.80. The van der Waals surface area contributed by atoms with Gasteiger partial charge in [0.25, 0.3) is 11.8 Å². The molecule has 2 rings (SSSR count). The Balaban J connectivity index is 2.00. The maximum absolute atomic E-state index is 12.1. The van der Waals surface area contributed by atoms with E-state index < -0.39 is 5.91 Å². The molecule has 0 aliphatic heterocycles. The third kappa shape index (κ3) is 4.67. The van der Waals surface area contributed by atoms with Crippen LogP contribution >= 0.6 is 35.4 Å². The summed E-state index contributed by atoms with van der Waals surface area (Å²) < 4.78 is 0. The maximum Gasteiger partial charge on any atom is 0.258 e. The van der Waals surface area contributed by atoms with Crippen molar-refractivity contribution >= 4 is 58.0 Å². The van der Waals surface area contributed by atoms with Crippen LogP contribution in [0.1, 0.15) is 20.7 Å². The van der Waals surface area contributed by atoms with Gasteiger partial charge in [0.05, 0.1) is 10.6 Å². The van der Waals surface area contributed by atoms with Crippen molar-refractivity contribution in [1.82, 2.24) is 10.6 Å². The minimum atomic E-state index is -0.448. The molecule has 0 unspecified atom stereocenters.